The van der Waals surface area contributed by atoms with E-state index in [1.54, 1.807) is 18.6 Å². The predicted molar refractivity (Wildman–Crippen MR) is 64.3 cm³/mol. The third-order valence-corrected chi connectivity index (χ3v) is 3.13. The quantitative estimate of drug-likeness (QED) is 0.583. The molecule has 0 aliphatic rings. The second-order valence-electron chi connectivity index (χ2n) is 4.21. The Morgan fingerprint density at radius 3 is 2.80 bits per heavy atom. The zero-order valence-electron chi connectivity index (χ0n) is 9.30. The Balaban J connectivity index is 2.47. The van der Waals surface area contributed by atoms with E-state index in [0.29, 0.717) is 6.42 Å². The highest BCUT2D eigenvalue weighted by Gasteiger charge is 2.25. The number of nitrogens with zero attached hydrogens (tertiary/aromatic N) is 2. The lowest BCUT2D eigenvalue weighted by Crippen LogP contribution is -2.25. The van der Waals surface area contributed by atoms with Crippen LogP contribution in [0.4, 0.5) is 0 Å². The molecule has 1 atom stereocenters. The van der Waals surface area contributed by atoms with E-state index in [-0.39, 0.29) is 4.75 Å². The predicted octanol–water partition coefficient (Wildman–Crippen LogP) is 2.16. The summed E-state index contributed by atoms with van der Waals surface area (Å²) >= 11 is -1.16. The maximum absolute atomic E-state index is 11.6. The summed E-state index contributed by atoms with van der Waals surface area (Å²) in [7, 11) is 0. The van der Waals surface area contributed by atoms with Gasteiger partial charge in [-0.1, -0.05) is 10.5 Å². The van der Waals surface area contributed by atoms with Gasteiger partial charge in [0, 0.05) is 18.8 Å². The van der Waals surface area contributed by atoms with E-state index in [1.807, 2.05) is 32.9 Å². The minimum atomic E-state index is -1.16. The van der Waals surface area contributed by atoms with E-state index in [1.165, 1.54) is 0 Å². The lowest BCUT2D eigenvalue weighted by atomic mass is 10.2. The molecular weight excluding hydrogens is 208 g/mol. The second kappa shape index (κ2) is 5.28. The molecule has 0 saturated heterocycles. The molecule has 0 aliphatic carbocycles. The summed E-state index contributed by atoms with van der Waals surface area (Å²) in [5.74, 6) is 0. The van der Waals surface area contributed by atoms with Crippen molar-refractivity contribution in [2.75, 3.05) is 0 Å². The fraction of sp³-hybridized carbons (Fsp3) is 0.455. The van der Waals surface area contributed by atoms with Crippen LogP contribution in [0.5, 0.6) is 0 Å². The second-order valence-corrected chi connectivity index (χ2v) is 6.15. The molecule has 0 saturated carbocycles. The molecule has 0 spiro atoms. The van der Waals surface area contributed by atoms with Gasteiger partial charge in [0.05, 0.1) is 6.21 Å². The van der Waals surface area contributed by atoms with Crippen molar-refractivity contribution in [3.05, 3.63) is 30.1 Å². The van der Waals surface area contributed by atoms with Crippen LogP contribution in [0, 0.1) is 0 Å². The van der Waals surface area contributed by atoms with Gasteiger partial charge in [-0.05, 0) is 32.4 Å². The summed E-state index contributed by atoms with van der Waals surface area (Å²) in [5.41, 5.74) is 1.08. The molecule has 4 heteroatoms. The van der Waals surface area contributed by atoms with Gasteiger partial charge in [-0.3, -0.25) is 4.98 Å². The molecule has 1 aromatic rings. The highest BCUT2D eigenvalue weighted by Crippen LogP contribution is 2.16. The summed E-state index contributed by atoms with van der Waals surface area (Å²) < 4.78 is 15.3. The average Bonchev–Trinajstić information content (AvgIpc) is 2.18. The molecular formula is C11H16N2OS. The first-order valence-corrected chi connectivity index (χ1v) is 5.94. The Labute approximate surface area is 94.0 Å². The summed E-state index contributed by atoms with van der Waals surface area (Å²) in [6.45, 7) is 5.72. The maximum atomic E-state index is 11.6. The van der Waals surface area contributed by atoms with Gasteiger partial charge in [0.25, 0.3) is 0 Å². The van der Waals surface area contributed by atoms with Gasteiger partial charge in [-0.2, -0.15) is 0 Å². The smallest absolute Gasteiger partial charge is 0.144 e. The monoisotopic (exact) mass is 224 g/mol. The molecule has 0 aliphatic heterocycles. The Kier molecular flexibility index (Phi) is 4.29. The first kappa shape index (κ1) is 12.2. The van der Waals surface area contributed by atoms with Gasteiger partial charge >= 0.3 is 0 Å². The molecule has 82 valence electrons. The van der Waals surface area contributed by atoms with Crippen LogP contribution >= 0.6 is 0 Å². The van der Waals surface area contributed by atoms with Gasteiger partial charge in [-0.25, -0.2) is 0 Å². The van der Waals surface area contributed by atoms with Crippen LogP contribution in [0.3, 0.4) is 0 Å². The number of hydrogen-bond acceptors (Lipinski definition) is 3. The lowest BCUT2D eigenvalue weighted by molar-refractivity contribution is 0.561. The van der Waals surface area contributed by atoms with E-state index < -0.39 is 11.4 Å². The minimum Gasteiger partial charge on any atom is -0.591 e. The van der Waals surface area contributed by atoms with Crippen molar-refractivity contribution >= 4 is 17.6 Å². The fourth-order valence-electron chi connectivity index (χ4n) is 0.887. The van der Waals surface area contributed by atoms with Gasteiger partial charge in [0.15, 0.2) is 0 Å². The molecule has 0 fully saturated rings. The van der Waals surface area contributed by atoms with E-state index in [2.05, 4.69) is 9.38 Å². The van der Waals surface area contributed by atoms with Gasteiger partial charge < -0.3 is 4.55 Å². The van der Waals surface area contributed by atoms with Crippen LogP contribution in [0.15, 0.2) is 28.9 Å². The average molecular weight is 224 g/mol. The molecule has 0 N–H and O–H groups in total. The number of rotatable bonds is 3. The highest BCUT2D eigenvalue weighted by molar-refractivity contribution is 7.91. The van der Waals surface area contributed by atoms with Crippen molar-refractivity contribution in [3.8, 4) is 0 Å². The number of hydrogen-bond donors (Lipinski definition) is 0. The lowest BCUT2D eigenvalue weighted by Gasteiger charge is -2.17. The van der Waals surface area contributed by atoms with Crippen molar-refractivity contribution in [2.24, 2.45) is 4.40 Å². The van der Waals surface area contributed by atoms with Crippen LogP contribution in [-0.2, 0) is 17.8 Å². The van der Waals surface area contributed by atoms with Crippen LogP contribution in [0.1, 0.15) is 26.3 Å². The molecule has 0 amide bonds. The van der Waals surface area contributed by atoms with E-state index in [9.17, 15) is 4.55 Å². The SMILES string of the molecule is CC(C)(C)[S+]([O-])N=CCc1cccnc1. The van der Waals surface area contributed by atoms with E-state index >= 15 is 0 Å². The fourth-order valence-corrected chi connectivity index (χ4v) is 1.41. The largest absolute Gasteiger partial charge is 0.591 e. The molecule has 0 radical (unpaired) electrons. The number of aromatic nitrogens is 1. The topological polar surface area (TPSA) is 48.3 Å². The van der Waals surface area contributed by atoms with Crippen LogP contribution in [-0.4, -0.2) is 20.5 Å². The third-order valence-electron chi connectivity index (χ3n) is 1.74. The zero-order valence-corrected chi connectivity index (χ0v) is 10.1. The van der Waals surface area contributed by atoms with Crippen LogP contribution in [0.25, 0.3) is 0 Å². The minimum absolute atomic E-state index is 0.286. The van der Waals surface area contributed by atoms with Crippen molar-refractivity contribution in [3.63, 3.8) is 0 Å². The standard InChI is InChI=1S/C11H16N2OS/c1-11(2,3)15(14)13-8-6-10-5-4-7-12-9-10/h4-5,7-9H,6H2,1-3H3. The van der Waals surface area contributed by atoms with E-state index in [0.717, 1.165) is 5.56 Å². The van der Waals surface area contributed by atoms with Crippen molar-refractivity contribution in [2.45, 2.75) is 31.9 Å². The Morgan fingerprint density at radius 2 is 2.27 bits per heavy atom. The van der Waals surface area contributed by atoms with Gasteiger partial charge in [-0.15, -0.1) is 0 Å². The van der Waals surface area contributed by atoms with Crippen molar-refractivity contribution < 1.29 is 4.55 Å². The Hall–Kier alpha value is -0.870. The van der Waals surface area contributed by atoms with E-state index in [4.69, 9.17) is 0 Å². The summed E-state index contributed by atoms with van der Waals surface area (Å²) in [4.78, 5) is 3.99. The zero-order chi connectivity index (χ0) is 11.3. The third kappa shape index (κ3) is 4.44. The first-order valence-electron chi connectivity index (χ1n) is 4.83. The molecule has 15 heavy (non-hydrogen) atoms. The molecule has 3 nitrogen and oxygen atoms in total. The summed E-state index contributed by atoms with van der Waals surface area (Å²) in [5, 5.41) is 0. The molecule has 1 rings (SSSR count). The summed E-state index contributed by atoms with van der Waals surface area (Å²) in [6, 6.07) is 3.85. The molecule has 1 unspecified atom stereocenters. The van der Waals surface area contributed by atoms with Crippen molar-refractivity contribution in [1.29, 1.82) is 0 Å². The molecule has 1 aromatic heterocycles. The number of pyridine rings is 1. The maximum Gasteiger partial charge on any atom is 0.144 e. The molecule has 1 heterocycles. The van der Waals surface area contributed by atoms with Crippen molar-refractivity contribution in [1.82, 2.24) is 4.98 Å². The van der Waals surface area contributed by atoms with Gasteiger partial charge in [0.1, 0.15) is 16.1 Å². The highest BCUT2D eigenvalue weighted by atomic mass is 32.2. The Bertz CT molecular complexity index is 319. The molecule has 0 bridgehead atoms. The van der Waals surface area contributed by atoms with Crippen LogP contribution in [0.2, 0.25) is 0 Å². The normalized spacial score (nSPS) is 14.4. The molecule has 0 aromatic carbocycles. The summed E-state index contributed by atoms with van der Waals surface area (Å²) in [6.07, 6.45) is 5.88. The van der Waals surface area contributed by atoms with Crippen LogP contribution < -0.4 is 0 Å². The first-order chi connectivity index (χ1) is 7.00. The van der Waals surface area contributed by atoms with Gasteiger partial charge in [0.2, 0.25) is 0 Å². The Morgan fingerprint density at radius 1 is 1.53 bits per heavy atom.